The Kier molecular flexibility index (Phi) is 1.84. The van der Waals surface area contributed by atoms with Gasteiger partial charge in [-0.05, 0) is 0 Å². The van der Waals surface area contributed by atoms with E-state index in [0.717, 1.165) is 9.32 Å². The first-order valence-corrected chi connectivity index (χ1v) is 4.91. The summed E-state index contributed by atoms with van der Waals surface area (Å²) in [7, 11) is 0. The standard InChI is InChI=1S/C8H6O2Se/c1-3-7(9-5-1)11-8-4-2-6-10-8/h1-6H. The van der Waals surface area contributed by atoms with Crippen molar-refractivity contribution in [3.8, 4) is 0 Å². The molecule has 0 N–H and O–H groups in total. The molecule has 0 radical (unpaired) electrons. The van der Waals surface area contributed by atoms with E-state index >= 15 is 0 Å². The number of hydrogen-bond donors (Lipinski definition) is 0. The molecule has 0 aliphatic carbocycles. The summed E-state index contributed by atoms with van der Waals surface area (Å²) in [6.45, 7) is 0. The molecule has 2 rings (SSSR count). The first-order valence-electron chi connectivity index (χ1n) is 3.20. The van der Waals surface area contributed by atoms with Crippen LogP contribution < -0.4 is 9.32 Å². The molecule has 11 heavy (non-hydrogen) atoms. The Hall–Kier alpha value is -0.921. The molecule has 0 aliphatic heterocycles. The van der Waals surface area contributed by atoms with Crippen LogP contribution in [0.4, 0.5) is 0 Å². The fourth-order valence-corrected chi connectivity index (χ4v) is 2.21. The van der Waals surface area contributed by atoms with Crippen molar-refractivity contribution in [2.45, 2.75) is 0 Å². The fraction of sp³-hybridized carbons (Fsp3) is 0. The fourth-order valence-electron chi connectivity index (χ4n) is 0.742. The Morgan fingerprint density at radius 3 is 1.82 bits per heavy atom. The van der Waals surface area contributed by atoms with Crippen LogP contribution in [0.3, 0.4) is 0 Å². The minimum absolute atomic E-state index is 0.188. The average molecular weight is 213 g/mol. The third-order valence-corrected chi connectivity index (χ3v) is 3.01. The van der Waals surface area contributed by atoms with Gasteiger partial charge < -0.3 is 0 Å². The second-order valence-electron chi connectivity index (χ2n) is 1.97. The van der Waals surface area contributed by atoms with Crippen molar-refractivity contribution < 1.29 is 8.83 Å². The van der Waals surface area contributed by atoms with Crippen molar-refractivity contribution in [3.63, 3.8) is 0 Å². The molecule has 0 bridgehead atoms. The van der Waals surface area contributed by atoms with E-state index in [1.165, 1.54) is 0 Å². The van der Waals surface area contributed by atoms with Gasteiger partial charge in [0.1, 0.15) is 0 Å². The van der Waals surface area contributed by atoms with Crippen molar-refractivity contribution in [2.75, 3.05) is 0 Å². The molecule has 0 amide bonds. The molecule has 0 aliphatic rings. The van der Waals surface area contributed by atoms with Crippen LogP contribution in [0, 0.1) is 0 Å². The van der Waals surface area contributed by atoms with E-state index in [0.29, 0.717) is 0 Å². The van der Waals surface area contributed by atoms with Gasteiger partial charge in [0.2, 0.25) is 0 Å². The van der Waals surface area contributed by atoms with Crippen LogP contribution in [0.5, 0.6) is 0 Å². The predicted molar refractivity (Wildman–Crippen MR) is 42.4 cm³/mol. The zero-order valence-corrected chi connectivity index (χ0v) is 7.40. The van der Waals surface area contributed by atoms with E-state index in [9.17, 15) is 0 Å². The molecule has 0 saturated carbocycles. The van der Waals surface area contributed by atoms with Crippen molar-refractivity contribution in [1.29, 1.82) is 0 Å². The molecule has 0 fully saturated rings. The van der Waals surface area contributed by atoms with Gasteiger partial charge in [-0.3, -0.25) is 0 Å². The van der Waals surface area contributed by atoms with E-state index < -0.39 is 0 Å². The van der Waals surface area contributed by atoms with Crippen molar-refractivity contribution >= 4 is 24.3 Å². The van der Waals surface area contributed by atoms with E-state index in [1.54, 1.807) is 12.5 Å². The average Bonchev–Trinajstić information content (AvgIpc) is 2.60. The maximum absolute atomic E-state index is 5.17. The van der Waals surface area contributed by atoms with Gasteiger partial charge in [0.15, 0.2) is 0 Å². The van der Waals surface area contributed by atoms with E-state index in [2.05, 4.69) is 0 Å². The summed E-state index contributed by atoms with van der Waals surface area (Å²) >= 11 is 0.188. The molecule has 2 aromatic rings. The summed E-state index contributed by atoms with van der Waals surface area (Å²) in [4.78, 5) is 0. The Balaban J connectivity index is 2.14. The third-order valence-electron chi connectivity index (χ3n) is 1.19. The van der Waals surface area contributed by atoms with Crippen LogP contribution in [-0.4, -0.2) is 15.0 Å². The summed E-state index contributed by atoms with van der Waals surface area (Å²) in [5.41, 5.74) is 0. The summed E-state index contributed by atoms with van der Waals surface area (Å²) in [5.74, 6) is 0. The van der Waals surface area contributed by atoms with Crippen molar-refractivity contribution in [3.05, 3.63) is 36.8 Å². The van der Waals surface area contributed by atoms with Gasteiger partial charge >= 0.3 is 69.9 Å². The number of rotatable bonds is 2. The van der Waals surface area contributed by atoms with Crippen LogP contribution in [0.25, 0.3) is 0 Å². The normalized spacial score (nSPS) is 10.2. The first kappa shape index (κ1) is 6.77. The molecule has 2 nitrogen and oxygen atoms in total. The van der Waals surface area contributed by atoms with Gasteiger partial charge in [0, 0.05) is 0 Å². The quantitative estimate of drug-likeness (QED) is 0.680. The van der Waals surface area contributed by atoms with Crippen LogP contribution in [0.15, 0.2) is 45.6 Å². The van der Waals surface area contributed by atoms with Crippen molar-refractivity contribution in [1.82, 2.24) is 0 Å². The van der Waals surface area contributed by atoms with Gasteiger partial charge in [-0.2, -0.15) is 0 Å². The van der Waals surface area contributed by atoms with Gasteiger partial charge in [0.25, 0.3) is 0 Å². The minimum atomic E-state index is 0.188. The molecule has 0 spiro atoms. The molecular formula is C8H6O2Se. The van der Waals surface area contributed by atoms with Gasteiger partial charge in [-0.1, -0.05) is 0 Å². The molecule has 2 aromatic heterocycles. The van der Waals surface area contributed by atoms with Crippen LogP contribution >= 0.6 is 0 Å². The molecule has 56 valence electrons. The monoisotopic (exact) mass is 214 g/mol. The molecule has 0 atom stereocenters. The summed E-state index contributed by atoms with van der Waals surface area (Å²) in [6, 6.07) is 7.70. The second-order valence-corrected chi connectivity index (χ2v) is 4.08. The Bertz CT molecular complexity index is 264. The molecule has 3 heteroatoms. The van der Waals surface area contributed by atoms with Crippen molar-refractivity contribution in [2.24, 2.45) is 0 Å². The van der Waals surface area contributed by atoms with E-state index in [-0.39, 0.29) is 15.0 Å². The zero-order valence-electron chi connectivity index (χ0n) is 5.69. The van der Waals surface area contributed by atoms with Gasteiger partial charge in [-0.25, -0.2) is 0 Å². The first-order chi connectivity index (χ1) is 5.45. The van der Waals surface area contributed by atoms with Crippen LogP contribution in [0.1, 0.15) is 0 Å². The van der Waals surface area contributed by atoms with Gasteiger partial charge in [0.05, 0.1) is 0 Å². The molecule has 0 saturated heterocycles. The molecule has 0 aromatic carbocycles. The zero-order chi connectivity index (χ0) is 7.52. The van der Waals surface area contributed by atoms with Crippen LogP contribution in [0.2, 0.25) is 0 Å². The molecule has 0 unspecified atom stereocenters. The maximum atomic E-state index is 5.17. The summed E-state index contributed by atoms with van der Waals surface area (Å²) in [5, 5.41) is 0. The topological polar surface area (TPSA) is 26.3 Å². The third kappa shape index (κ3) is 1.56. The van der Waals surface area contributed by atoms with E-state index in [4.69, 9.17) is 8.83 Å². The van der Waals surface area contributed by atoms with Gasteiger partial charge in [-0.15, -0.1) is 0 Å². The van der Waals surface area contributed by atoms with E-state index in [1.807, 2.05) is 24.3 Å². The number of furan rings is 2. The predicted octanol–water partition coefficient (Wildman–Crippen LogP) is 0.528. The Labute approximate surface area is 70.4 Å². The SMILES string of the molecule is c1coc([Se]c2ccco2)c1. The molecule has 2 heterocycles. The Morgan fingerprint density at radius 1 is 0.909 bits per heavy atom. The summed E-state index contributed by atoms with van der Waals surface area (Å²) in [6.07, 6.45) is 3.36. The second kappa shape index (κ2) is 2.99. The number of hydrogen-bond acceptors (Lipinski definition) is 2. The summed E-state index contributed by atoms with van der Waals surface area (Å²) < 4.78 is 12.3. The molecular weight excluding hydrogens is 207 g/mol. The van der Waals surface area contributed by atoms with Crippen LogP contribution in [-0.2, 0) is 0 Å². The Morgan fingerprint density at radius 2 is 1.45 bits per heavy atom.